The van der Waals surface area contributed by atoms with Crippen molar-refractivity contribution in [2.75, 3.05) is 47.3 Å². The summed E-state index contributed by atoms with van der Waals surface area (Å²) in [5.74, 6) is 0.772. The van der Waals surface area contributed by atoms with Gasteiger partial charge in [-0.05, 0) is 57.7 Å². The zero-order valence-electron chi connectivity index (χ0n) is 19.5. The van der Waals surface area contributed by atoms with Crippen LogP contribution in [0.4, 0.5) is 0 Å². The Morgan fingerprint density at radius 1 is 1.06 bits per heavy atom. The van der Waals surface area contributed by atoms with Crippen molar-refractivity contribution < 1.29 is 32.5 Å². The Kier molecular flexibility index (Phi) is 13.1. The number of methoxy groups -OCH3 is 2. The molecule has 0 spiro atoms. The molecule has 1 aromatic carbocycles. The molecule has 0 radical (unpaired) electrons. The molecule has 180 valence electrons. The predicted octanol–water partition coefficient (Wildman–Crippen LogP) is 5.76. The summed E-state index contributed by atoms with van der Waals surface area (Å²) in [5, 5.41) is 0.486. The van der Waals surface area contributed by atoms with Gasteiger partial charge in [0, 0.05) is 32.3 Å². The smallest absolute Gasteiger partial charge is 0.327 e. The first-order valence-electron chi connectivity index (χ1n) is 10.2. The molecule has 2 unspecified atom stereocenters. The van der Waals surface area contributed by atoms with E-state index in [4.69, 9.17) is 55.9 Å². The number of hydrogen-bond acceptors (Lipinski definition) is 8. The highest BCUT2D eigenvalue weighted by Crippen LogP contribution is 2.53. The van der Waals surface area contributed by atoms with Crippen LogP contribution < -0.4 is 4.74 Å². The Morgan fingerprint density at radius 2 is 1.74 bits per heavy atom. The minimum atomic E-state index is -2.95. The van der Waals surface area contributed by atoms with E-state index in [1.807, 2.05) is 34.6 Å². The lowest BCUT2D eigenvalue weighted by molar-refractivity contribution is -0.105. The first-order chi connectivity index (χ1) is 14.5. The highest BCUT2D eigenvalue weighted by molar-refractivity contribution is 8.07. The van der Waals surface area contributed by atoms with Gasteiger partial charge in [-0.2, -0.15) is 0 Å². The first-order valence-corrected chi connectivity index (χ1v) is 13.1. The van der Waals surface area contributed by atoms with Crippen molar-refractivity contribution in [1.82, 2.24) is 0 Å². The zero-order chi connectivity index (χ0) is 23.5. The molecule has 31 heavy (non-hydrogen) atoms. The molecule has 0 bridgehead atoms. The van der Waals surface area contributed by atoms with Crippen LogP contribution in [0.1, 0.15) is 46.5 Å². The van der Waals surface area contributed by atoms with Gasteiger partial charge in [-0.15, -0.1) is 0 Å². The maximum Gasteiger partial charge on any atom is 0.327 e. The van der Waals surface area contributed by atoms with Crippen LogP contribution in [-0.4, -0.2) is 52.9 Å². The molecule has 2 atom stereocenters. The van der Waals surface area contributed by atoms with Crippen LogP contribution in [0.2, 0.25) is 5.02 Å². The predicted molar refractivity (Wildman–Crippen MR) is 126 cm³/mol. The van der Waals surface area contributed by atoms with Crippen LogP contribution >= 0.6 is 18.3 Å². The lowest BCUT2D eigenvalue weighted by Gasteiger charge is -2.30. The molecule has 1 rings (SSSR count). The lowest BCUT2D eigenvalue weighted by Crippen LogP contribution is -2.21. The average Bonchev–Trinajstić information content (AvgIpc) is 2.69. The number of ether oxygens (including phenoxy) is 4. The molecule has 0 aliphatic rings. The fraction of sp³-hybridized carbons (Fsp3) is 0.714. The fourth-order valence-electron chi connectivity index (χ4n) is 2.46. The summed E-state index contributed by atoms with van der Waals surface area (Å²) in [6.07, 6.45) is -0.535. The van der Waals surface area contributed by atoms with Crippen LogP contribution in [0.3, 0.4) is 0 Å². The van der Waals surface area contributed by atoms with Gasteiger partial charge in [0.15, 0.2) is 6.29 Å². The largest absolute Gasteiger partial charge is 0.491 e. The van der Waals surface area contributed by atoms with E-state index in [1.165, 1.54) is 0 Å². The summed E-state index contributed by atoms with van der Waals surface area (Å²) in [4.78, 5) is 0. The van der Waals surface area contributed by atoms with Crippen molar-refractivity contribution in [3.63, 3.8) is 0 Å². The van der Waals surface area contributed by atoms with E-state index < -0.39 is 18.6 Å². The third-order valence-electron chi connectivity index (χ3n) is 3.76. The molecule has 0 amide bonds. The minimum Gasteiger partial charge on any atom is -0.491 e. The topological polar surface area (TPSA) is 64.6 Å². The van der Waals surface area contributed by atoms with Gasteiger partial charge in [-0.3, -0.25) is 0 Å². The molecule has 0 fully saturated rings. The van der Waals surface area contributed by atoms with Crippen molar-refractivity contribution in [2.45, 2.75) is 46.5 Å². The second-order valence-electron chi connectivity index (χ2n) is 7.88. The maximum absolute atomic E-state index is 6.31. The summed E-state index contributed by atoms with van der Waals surface area (Å²) in [6.45, 7) is 8.90. The molecule has 7 nitrogen and oxygen atoms in total. The maximum atomic E-state index is 6.31. The third-order valence-corrected chi connectivity index (χ3v) is 6.68. The van der Waals surface area contributed by atoms with Gasteiger partial charge in [0.1, 0.15) is 12.4 Å². The molecule has 0 saturated carbocycles. The molecule has 0 aromatic heterocycles. The van der Waals surface area contributed by atoms with Gasteiger partial charge in [0.2, 0.25) is 0 Å². The normalized spacial score (nSPS) is 15.1. The Labute approximate surface area is 196 Å². The quantitative estimate of drug-likeness (QED) is 0.172. The van der Waals surface area contributed by atoms with Crippen LogP contribution in [0.25, 0.3) is 0 Å². The number of hydrogen-bond donors (Lipinski definition) is 0. The monoisotopic (exact) mass is 498 g/mol. The molecule has 0 aliphatic heterocycles. The van der Waals surface area contributed by atoms with Gasteiger partial charge < -0.3 is 32.5 Å². The van der Waals surface area contributed by atoms with Gasteiger partial charge in [-0.25, -0.2) is 0 Å². The molecule has 0 N–H and O–H groups in total. The summed E-state index contributed by atoms with van der Waals surface area (Å²) < 4.78 is 39.3. The van der Waals surface area contributed by atoms with Crippen LogP contribution in [0.15, 0.2) is 18.2 Å². The van der Waals surface area contributed by atoms with Crippen molar-refractivity contribution in [3.8, 4) is 5.75 Å². The minimum absolute atomic E-state index is 0.175. The van der Waals surface area contributed by atoms with Gasteiger partial charge in [0.05, 0.1) is 30.4 Å². The van der Waals surface area contributed by atoms with Crippen molar-refractivity contribution in [3.05, 3.63) is 28.8 Å². The van der Waals surface area contributed by atoms with E-state index in [0.717, 1.165) is 5.56 Å². The van der Waals surface area contributed by atoms with E-state index in [9.17, 15) is 0 Å². The van der Waals surface area contributed by atoms with Gasteiger partial charge in [-0.1, -0.05) is 18.5 Å². The lowest BCUT2D eigenvalue weighted by atomic mass is 10.2. The Morgan fingerprint density at radius 3 is 2.29 bits per heavy atom. The van der Waals surface area contributed by atoms with Crippen LogP contribution in [-0.2, 0) is 39.6 Å². The van der Waals surface area contributed by atoms with E-state index >= 15 is 0 Å². The van der Waals surface area contributed by atoms with Crippen LogP contribution in [0, 0.1) is 5.92 Å². The zero-order valence-corrected chi connectivity index (χ0v) is 22.0. The second-order valence-corrected chi connectivity index (χ2v) is 11.2. The van der Waals surface area contributed by atoms with Crippen molar-refractivity contribution in [2.24, 2.45) is 5.92 Å². The summed E-state index contributed by atoms with van der Waals surface area (Å²) in [6, 6.07) is 5.29. The van der Waals surface area contributed by atoms with E-state index in [2.05, 4.69) is 0 Å². The molecule has 0 heterocycles. The summed E-state index contributed by atoms with van der Waals surface area (Å²) in [7, 11) is 3.10. The molecule has 10 heteroatoms. The molecule has 0 aliphatic carbocycles. The Hall–Kier alpha value is -0.280. The highest BCUT2D eigenvalue weighted by atomic mass is 35.5. The summed E-state index contributed by atoms with van der Waals surface area (Å²) >= 11 is 11.9. The standard InChI is InChI=1S/C21H36ClO7PS/c1-8-25-14-16(2)15-28-30(31,29-21(3,4)5)27-12-11-26-17-9-10-18(19(22)13-17)20(23-6)24-7/h9-10,13,16,20H,8,11-12,14-15H2,1-7H3. The Bertz CT molecular complexity index is 695. The van der Waals surface area contributed by atoms with E-state index in [0.29, 0.717) is 30.6 Å². The molecular formula is C21H36ClO7PS. The number of rotatable bonds is 15. The Balaban J connectivity index is 2.63. The van der Waals surface area contributed by atoms with Gasteiger partial charge >= 0.3 is 6.72 Å². The van der Waals surface area contributed by atoms with E-state index in [-0.39, 0.29) is 19.1 Å². The SMILES string of the molecule is CCOCC(C)COP(=S)(OCCOc1ccc(C(OC)OC)c(Cl)c1)OC(C)(C)C. The van der Waals surface area contributed by atoms with Crippen LogP contribution in [0.5, 0.6) is 5.75 Å². The third kappa shape index (κ3) is 11.4. The fourth-order valence-corrected chi connectivity index (χ4v) is 5.38. The van der Waals surface area contributed by atoms with Gasteiger partial charge in [0.25, 0.3) is 0 Å². The number of benzene rings is 1. The molecule has 0 saturated heterocycles. The van der Waals surface area contributed by atoms with E-state index in [1.54, 1.807) is 32.4 Å². The van der Waals surface area contributed by atoms with Crippen molar-refractivity contribution >= 4 is 30.1 Å². The summed E-state index contributed by atoms with van der Waals surface area (Å²) in [5.41, 5.74) is 0.223. The highest BCUT2D eigenvalue weighted by Gasteiger charge is 2.28. The average molecular weight is 499 g/mol. The molecule has 1 aromatic rings. The molecular weight excluding hydrogens is 463 g/mol. The first kappa shape index (κ1) is 28.8. The second kappa shape index (κ2) is 14.1. The number of halogens is 1. The van der Waals surface area contributed by atoms with Crippen molar-refractivity contribution in [1.29, 1.82) is 0 Å².